The van der Waals surface area contributed by atoms with E-state index in [1.54, 1.807) is 0 Å². The summed E-state index contributed by atoms with van der Waals surface area (Å²) in [6.07, 6.45) is 0. The van der Waals surface area contributed by atoms with Crippen molar-refractivity contribution in [3.05, 3.63) is 187 Å². The quantitative estimate of drug-likeness (QED) is 0.173. The number of aromatic nitrogens is 3. The first-order chi connectivity index (χ1) is 26.1. The molecule has 3 heterocycles. The summed E-state index contributed by atoms with van der Waals surface area (Å²) in [6, 6.07) is 64.4. The molecule has 250 valence electrons. The Labute approximate surface area is 309 Å². The molecule has 2 aromatic heterocycles. The Balaban J connectivity index is 1.34. The number of hydrogen-bond donors (Lipinski definition) is 0. The van der Waals surface area contributed by atoms with Crippen LogP contribution in [0.4, 0.5) is 0 Å². The van der Waals surface area contributed by atoms with Crippen LogP contribution in [-0.2, 0) is 5.41 Å². The molecule has 0 bridgehead atoms. The Kier molecular flexibility index (Phi) is 6.32. The molecule has 1 aliphatic heterocycles. The summed E-state index contributed by atoms with van der Waals surface area (Å²) < 4.78 is 2.39. The standard InChI is InChI=1S/C49H35N3Si/c1-49(2)40-27-15-12-24-35(40)37-30-31-38-36-25-13-16-28-41(36)52(46(38)44(37)49)48-50-45(32-18-6-3-7-19-32)43-39-26-14-17-29-42(39)53(47(43)51-48,33-20-8-4-9-21-33)34-22-10-5-11-23-34/h3-31H,1-2H3. The minimum atomic E-state index is -2.93. The minimum Gasteiger partial charge on any atom is -0.278 e. The van der Waals surface area contributed by atoms with Crippen LogP contribution >= 0.6 is 0 Å². The number of nitrogens with zero attached hydrogens (tertiary/aromatic N) is 3. The van der Waals surface area contributed by atoms with E-state index < -0.39 is 8.07 Å². The van der Waals surface area contributed by atoms with Crippen LogP contribution in [0.5, 0.6) is 0 Å². The molecule has 9 aromatic rings. The molecular formula is C49H35N3Si. The van der Waals surface area contributed by atoms with Crippen molar-refractivity contribution in [1.82, 2.24) is 14.5 Å². The highest BCUT2D eigenvalue weighted by Crippen LogP contribution is 2.53. The number of benzene rings is 7. The van der Waals surface area contributed by atoms with Gasteiger partial charge in [-0.3, -0.25) is 4.57 Å². The van der Waals surface area contributed by atoms with Gasteiger partial charge in [0.05, 0.1) is 22.0 Å². The molecule has 3 nitrogen and oxygen atoms in total. The number of fused-ring (bicyclic) bond motifs is 10. The van der Waals surface area contributed by atoms with Gasteiger partial charge in [0.25, 0.3) is 0 Å². The van der Waals surface area contributed by atoms with Crippen LogP contribution in [0.3, 0.4) is 0 Å². The zero-order valence-electron chi connectivity index (χ0n) is 29.6. The van der Waals surface area contributed by atoms with Crippen molar-refractivity contribution < 1.29 is 0 Å². The maximum atomic E-state index is 5.94. The summed E-state index contributed by atoms with van der Waals surface area (Å²) in [6.45, 7) is 4.74. The van der Waals surface area contributed by atoms with Crippen LogP contribution in [0, 0.1) is 0 Å². The second-order valence-electron chi connectivity index (χ2n) is 14.9. The third-order valence-corrected chi connectivity index (χ3v) is 16.6. The third-order valence-electron chi connectivity index (χ3n) is 11.9. The average Bonchev–Trinajstić information content (AvgIpc) is 3.80. The van der Waals surface area contributed by atoms with E-state index in [0.717, 1.165) is 27.7 Å². The highest BCUT2D eigenvalue weighted by atomic mass is 28.3. The van der Waals surface area contributed by atoms with Crippen molar-refractivity contribution in [2.45, 2.75) is 19.3 Å². The van der Waals surface area contributed by atoms with Gasteiger partial charge in [-0.15, -0.1) is 0 Å². The molecule has 0 saturated heterocycles. The van der Waals surface area contributed by atoms with Crippen molar-refractivity contribution in [1.29, 1.82) is 0 Å². The minimum absolute atomic E-state index is 0.223. The lowest BCUT2D eigenvalue weighted by atomic mass is 9.81. The summed E-state index contributed by atoms with van der Waals surface area (Å²) in [5, 5.41) is 7.57. The topological polar surface area (TPSA) is 30.7 Å². The fraction of sp³-hybridized carbons (Fsp3) is 0.0612. The molecule has 11 rings (SSSR count). The Hall–Kier alpha value is -6.36. The molecule has 1 aliphatic carbocycles. The Bertz CT molecular complexity index is 2870. The maximum absolute atomic E-state index is 5.94. The monoisotopic (exact) mass is 693 g/mol. The number of rotatable bonds is 4. The van der Waals surface area contributed by atoms with Crippen LogP contribution in [0.15, 0.2) is 176 Å². The van der Waals surface area contributed by atoms with Gasteiger partial charge in [-0.05, 0) is 49.4 Å². The summed E-state index contributed by atoms with van der Waals surface area (Å²) in [7, 11) is -2.93. The molecular weight excluding hydrogens is 659 g/mol. The summed E-state index contributed by atoms with van der Waals surface area (Å²) in [4.78, 5) is 11.6. The van der Waals surface area contributed by atoms with Gasteiger partial charge in [0.1, 0.15) is 0 Å². The zero-order chi connectivity index (χ0) is 35.3. The molecule has 0 spiro atoms. The molecule has 0 N–H and O–H groups in total. The van der Waals surface area contributed by atoms with Crippen molar-refractivity contribution in [2.75, 3.05) is 0 Å². The molecule has 0 saturated carbocycles. The highest BCUT2D eigenvalue weighted by Gasteiger charge is 2.52. The normalized spacial score (nSPS) is 14.5. The van der Waals surface area contributed by atoms with Crippen molar-refractivity contribution >= 4 is 50.8 Å². The first kappa shape index (κ1) is 30.3. The fourth-order valence-corrected chi connectivity index (χ4v) is 14.7. The fourth-order valence-electron chi connectivity index (χ4n) is 9.68. The molecule has 2 aliphatic rings. The van der Waals surface area contributed by atoms with E-state index >= 15 is 0 Å². The molecule has 4 heteroatoms. The van der Waals surface area contributed by atoms with E-state index in [1.807, 2.05) is 0 Å². The van der Waals surface area contributed by atoms with Crippen LogP contribution in [0.25, 0.3) is 61.3 Å². The van der Waals surface area contributed by atoms with Crippen molar-refractivity contribution in [3.8, 4) is 39.5 Å². The highest BCUT2D eigenvalue weighted by molar-refractivity contribution is 7.21. The largest absolute Gasteiger partial charge is 0.278 e. The van der Waals surface area contributed by atoms with Gasteiger partial charge in [-0.2, -0.15) is 0 Å². The predicted octanol–water partition coefficient (Wildman–Crippen LogP) is 8.90. The lowest BCUT2D eigenvalue weighted by molar-refractivity contribution is 0.663. The summed E-state index contributed by atoms with van der Waals surface area (Å²) >= 11 is 0. The van der Waals surface area contributed by atoms with E-state index in [1.165, 1.54) is 59.7 Å². The van der Waals surface area contributed by atoms with E-state index in [-0.39, 0.29) is 5.41 Å². The second kappa shape index (κ2) is 11.1. The summed E-state index contributed by atoms with van der Waals surface area (Å²) in [5.41, 5.74) is 11.8. The van der Waals surface area contributed by atoms with E-state index in [4.69, 9.17) is 9.97 Å². The van der Waals surface area contributed by atoms with Gasteiger partial charge in [0.15, 0.2) is 0 Å². The predicted molar refractivity (Wildman–Crippen MR) is 222 cm³/mol. The molecule has 0 unspecified atom stereocenters. The average molecular weight is 694 g/mol. The van der Waals surface area contributed by atoms with E-state index in [2.05, 4.69) is 194 Å². The van der Waals surface area contributed by atoms with Crippen LogP contribution < -0.4 is 20.9 Å². The van der Waals surface area contributed by atoms with Crippen LogP contribution in [0.2, 0.25) is 0 Å². The number of para-hydroxylation sites is 1. The molecule has 0 fully saturated rings. The molecule has 0 atom stereocenters. The van der Waals surface area contributed by atoms with Crippen LogP contribution in [-0.4, -0.2) is 22.6 Å². The Morgan fingerprint density at radius 1 is 0.509 bits per heavy atom. The lowest BCUT2D eigenvalue weighted by Gasteiger charge is -2.30. The van der Waals surface area contributed by atoms with E-state index in [9.17, 15) is 0 Å². The van der Waals surface area contributed by atoms with Gasteiger partial charge >= 0.3 is 0 Å². The lowest BCUT2D eigenvalue weighted by Crippen LogP contribution is -2.73. The van der Waals surface area contributed by atoms with Gasteiger partial charge in [-0.25, -0.2) is 9.97 Å². The molecule has 7 aromatic carbocycles. The zero-order valence-corrected chi connectivity index (χ0v) is 30.6. The van der Waals surface area contributed by atoms with Crippen molar-refractivity contribution in [2.24, 2.45) is 0 Å². The van der Waals surface area contributed by atoms with Gasteiger partial charge < -0.3 is 0 Å². The summed E-state index contributed by atoms with van der Waals surface area (Å²) in [5.74, 6) is 0.713. The smallest absolute Gasteiger partial charge is 0.235 e. The Morgan fingerprint density at radius 2 is 1.11 bits per heavy atom. The van der Waals surface area contributed by atoms with Crippen molar-refractivity contribution in [3.63, 3.8) is 0 Å². The maximum Gasteiger partial charge on any atom is 0.235 e. The molecule has 53 heavy (non-hydrogen) atoms. The van der Waals surface area contributed by atoms with E-state index in [0.29, 0.717) is 5.95 Å². The second-order valence-corrected chi connectivity index (χ2v) is 18.6. The van der Waals surface area contributed by atoms with Gasteiger partial charge in [0.2, 0.25) is 14.0 Å². The van der Waals surface area contributed by atoms with Gasteiger partial charge in [0, 0.05) is 27.3 Å². The molecule has 0 amide bonds. The Morgan fingerprint density at radius 3 is 1.85 bits per heavy atom. The van der Waals surface area contributed by atoms with Gasteiger partial charge in [-0.1, -0.05) is 184 Å². The first-order valence-electron chi connectivity index (χ1n) is 18.4. The SMILES string of the molecule is CC1(C)c2ccccc2-c2ccc3c4ccccc4n(-c4nc(-c5ccccc5)c5c(n4)[Si](c4ccccc4)(c4ccccc4)c4ccccc4-5)c3c21. The number of hydrogen-bond acceptors (Lipinski definition) is 2. The molecule has 0 radical (unpaired) electrons. The first-order valence-corrected chi connectivity index (χ1v) is 20.4. The third kappa shape index (κ3) is 3.99. The van der Waals surface area contributed by atoms with Crippen LogP contribution in [0.1, 0.15) is 25.0 Å².